The minimum Gasteiger partial charge on any atom is -0.385 e. The van der Waals surface area contributed by atoms with Gasteiger partial charge in [-0.1, -0.05) is 6.92 Å². The smallest absolute Gasteiger partial charge is 0.246 e. The van der Waals surface area contributed by atoms with Crippen molar-refractivity contribution in [1.29, 1.82) is 0 Å². The summed E-state index contributed by atoms with van der Waals surface area (Å²) in [6, 6.07) is 3.88. The summed E-state index contributed by atoms with van der Waals surface area (Å²) in [6.07, 6.45) is 2.02. The van der Waals surface area contributed by atoms with Crippen molar-refractivity contribution in [3.05, 3.63) is 22.2 Å². The van der Waals surface area contributed by atoms with Crippen LogP contribution in [0.4, 0.5) is 5.69 Å². The number of anilines is 1. The maximum atomic E-state index is 12.0. The van der Waals surface area contributed by atoms with Gasteiger partial charge in [0.15, 0.2) is 0 Å². The number of nitrogens with one attached hydrogen (secondary N) is 2. The maximum Gasteiger partial charge on any atom is 0.246 e. The van der Waals surface area contributed by atoms with E-state index in [1.54, 1.807) is 18.9 Å². The molecule has 1 atom stereocenters. The molecule has 0 fully saturated rings. The SMILES string of the molecule is CCCNC1C(=O)Nc2cc(SCCCOC)c(Br)cc21. The molecule has 2 rings (SSSR count). The molecule has 0 saturated heterocycles. The third-order valence-electron chi connectivity index (χ3n) is 3.28. The van der Waals surface area contributed by atoms with E-state index in [-0.39, 0.29) is 11.9 Å². The van der Waals surface area contributed by atoms with Crippen molar-refractivity contribution in [2.24, 2.45) is 0 Å². The molecule has 0 aliphatic carbocycles. The van der Waals surface area contributed by atoms with Crippen LogP contribution in [-0.2, 0) is 9.53 Å². The van der Waals surface area contributed by atoms with E-state index in [2.05, 4.69) is 45.6 Å². The van der Waals surface area contributed by atoms with E-state index in [0.717, 1.165) is 52.4 Å². The Bertz CT molecular complexity index is 511. The zero-order chi connectivity index (χ0) is 15.2. The molecule has 1 aliphatic rings. The first-order valence-electron chi connectivity index (χ1n) is 7.16. The molecular formula is C15H21BrN2O2S. The van der Waals surface area contributed by atoms with Gasteiger partial charge in [0.2, 0.25) is 5.91 Å². The Morgan fingerprint density at radius 3 is 3.00 bits per heavy atom. The van der Waals surface area contributed by atoms with Crippen LogP contribution in [0.5, 0.6) is 0 Å². The number of benzene rings is 1. The quantitative estimate of drug-likeness (QED) is 0.540. The van der Waals surface area contributed by atoms with E-state index in [4.69, 9.17) is 4.74 Å². The molecule has 1 aliphatic heterocycles. The van der Waals surface area contributed by atoms with Gasteiger partial charge in [0.05, 0.1) is 0 Å². The molecule has 0 bridgehead atoms. The summed E-state index contributed by atoms with van der Waals surface area (Å²) in [5.74, 6) is 1.03. The normalized spacial score (nSPS) is 16.9. The third kappa shape index (κ3) is 4.22. The van der Waals surface area contributed by atoms with E-state index in [1.165, 1.54) is 0 Å². The lowest BCUT2D eigenvalue weighted by Gasteiger charge is -2.12. The van der Waals surface area contributed by atoms with E-state index in [0.29, 0.717) is 0 Å². The molecule has 0 aromatic heterocycles. The lowest BCUT2D eigenvalue weighted by Crippen LogP contribution is -2.27. The van der Waals surface area contributed by atoms with Crippen LogP contribution < -0.4 is 10.6 Å². The average molecular weight is 373 g/mol. The van der Waals surface area contributed by atoms with E-state index >= 15 is 0 Å². The zero-order valence-corrected chi connectivity index (χ0v) is 14.8. The summed E-state index contributed by atoms with van der Waals surface area (Å²) in [5, 5.41) is 6.25. The molecule has 1 unspecified atom stereocenters. The standard InChI is InChI=1S/C15H21BrN2O2S/c1-3-5-17-14-10-8-11(16)13(21-7-4-6-20-2)9-12(10)18-15(14)19/h8-9,14,17H,3-7H2,1-2H3,(H,18,19). The van der Waals surface area contributed by atoms with Gasteiger partial charge in [0.25, 0.3) is 0 Å². The van der Waals surface area contributed by atoms with Crippen LogP contribution in [0.3, 0.4) is 0 Å². The molecule has 1 aromatic carbocycles. The Morgan fingerprint density at radius 2 is 2.29 bits per heavy atom. The average Bonchev–Trinajstić information content (AvgIpc) is 2.76. The maximum absolute atomic E-state index is 12.0. The summed E-state index contributed by atoms with van der Waals surface area (Å²) in [4.78, 5) is 13.2. The Labute approximate surface area is 138 Å². The van der Waals surface area contributed by atoms with Crippen LogP contribution in [0.25, 0.3) is 0 Å². The van der Waals surface area contributed by atoms with Crippen molar-refractivity contribution in [1.82, 2.24) is 5.32 Å². The fraction of sp³-hybridized carbons (Fsp3) is 0.533. The van der Waals surface area contributed by atoms with Crippen LogP contribution >= 0.6 is 27.7 Å². The first-order valence-corrected chi connectivity index (χ1v) is 8.94. The molecule has 1 heterocycles. The van der Waals surface area contributed by atoms with Crippen molar-refractivity contribution in [2.45, 2.75) is 30.7 Å². The molecule has 21 heavy (non-hydrogen) atoms. The van der Waals surface area contributed by atoms with Gasteiger partial charge in [-0.15, -0.1) is 11.8 Å². The van der Waals surface area contributed by atoms with Crippen molar-refractivity contribution in [3.8, 4) is 0 Å². The summed E-state index contributed by atoms with van der Waals surface area (Å²) in [6.45, 7) is 3.70. The highest BCUT2D eigenvalue weighted by molar-refractivity contribution is 9.10. The number of rotatable bonds is 8. The van der Waals surface area contributed by atoms with Gasteiger partial charge in [0.1, 0.15) is 6.04 Å². The van der Waals surface area contributed by atoms with Crippen molar-refractivity contribution >= 4 is 39.3 Å². The number of fused-ring (bicyclic) bond motifs is 1. The van der Waals surface area contributed by atoms with Gasteiger partial charge in [-0.05, 0) is 47.4 Å². The number of halogens is 1. The second-order valence-corrected chi connectivity index (χ2v) is 6.93. The number of hydrogen-bond acceptors (Lipinski definition) is 4. The Hall–Kier alpha value is -0.560. The van der Waals surface area contributed by atoms with Crippen LogP contribution in [0.2, 0.25) is 0 Å². The van der Waals surface area contributed by atoms with Crippen molar-refractivity contribution in [3.63, 3.8) is 0 Å². The molecule has 1 amide bonds. The predicted molar refractivity (Wildman–Crippen MR) is 91.0 cm³/mol. The number of ether oxygens (including phenoxy) is 1. The highest BCUT2D eigenvalue weighted by atomic mass is 79.9. The molecule has 0 spiro atoms. The molecule has 2 N–H and O–H groups in total. The molecular weight excluding hydrogens is 352 g/mol. The summed E-state index contributed by atoms with van der Waals surface area (Å²) < 4.78 is 6.10. The van der Waals surface area contributed by atoms with Gasteiger partial charge in [-0.2, -0.15) is 0 Å². The Morgan fingerprint density at radius 1 is 1.48 bits per heavy atom. The molecule has 6 heteroatoms. The Kier molecular flexibility index (Phi) is 6.54. The second-order valence-electron chi connectivity index (χ2n) is 4.94. The molecule has 0 saturated carbocycles. The van der Waals surface area contributed by atoms with Crippen LogP contribution in [0.1, 0.15) is 31.4 Å². The summed E-state index contributed by atoms with van der Waals surface area (Å²) in [5.41, 5.74) is 1.95. The summed E-state index contributed by atoms with van der Waals surface area (Å²) >= 11 is 5.39. The van der Waals surface area contributed by atoms with Gasteiger partial charge in [-0.25, -0.2) is 0 Å². The zero-order valence-electron chi connectivity index (χ0n) is 12.4. The lowest BCUT2D eigenvalue weighted by molar-refractivity contribution is -0.117. The first kappa shape index (κ1) is 16.8. The van der Waals surface area contributed by atoms with Gasteiger partial charge >= 0.3 is 0 Å². The van der Waals surface area contributed by atoms with E-state index in [9.17, 15) is 4.79 Å². The fourth-order valence-corrected chi connectivity index (χ4v) is 3.83. The van der Waals surface area contributed by atoms with Crippen LogP contribution in [0.15, 0.2) is 21.5 Å². The number of carbonyl (C=O) groups excluding carboxylic acids is 1. The van der Waals surface area contributed by atoms with Crippen LogP contribution in [-0.4, -0.2) is 31.9 Å². The number of thioether (sulfide) groups is 1. The fourth-order valence-electron chi connectivity index (χ4n) is 2.25. The minimum atomic E-state index is -0.233. The molecule has 0 radical (unpaired) electrons. The second kappa shape index (κ2) is 8.17. The number of hydrogen-bond donors (Lipinski definition) is 2. The molecule has 1 aromatic rings. The predicted octanol–water partition coefficient (Wildman–Crippen LogP) is 3.57. The van der Waals surface area contributed by atoms with Crippen LogP contribution in [0, 0.1) is 0 Å². The van der Waals surface area contributed by atoms with Gasteiger partial charge in [0, 0.05) is 40.1 Å². The summed E-state index contributed by atoms with van der Waals surface area (Å²) in [7, 11) is 1.72. The third-order valence-corrected chi connectivity index (χ3v) is 5.34. The topological polar surface area (TPSA) is 50.4 Å². The number of amides is 1. The molecule has 116 valence electrons. The van der Waals surface area contributed by atoms with Gasteiger partial charge in [-0.3, -0.25) is 4.79 Å². The van der Waals surface area contributed by atoms with Gasteiger partial charge < -0.3 is 15.4 Å². The monoisotopic (exact) mass is 372 g/mol. The number of methoxy groups -OCH3 is 1. The molecule has 4 nitrogen and oxygen atoms in total. The lowest BCUT2D eigenvalue weighted by atomic mass is 10.1. The largest absolute Gasteiger partial charge is 0.385 e. The highest BCUT2D eigenvalue weighted by Gasteiger charge is 2.30. The van der Waals surface area contributed by atoms with E-state index in [1.807, 2.05) is 0 Å². The van der Waals surface area contributed by atoms with Crippen molar-refractivity contribution in [2.75, 3.05) is 31.3 Å². The van der Waals surface area contributed by atoms with E-state index < -0.39 is 0 Å². The Balaban J connectivity index is 2.09. The highest BCUT2D eigenvalue weighted by Crippen LogP contribution is 2.39. The van der Waals surface area contributed by atoms with Crippen molar-refractivity contribution < 1.29 is 9.53 Å². The minimum absolute atomic E-state index is 0.0342. The first-order chi connectivity index (χ1) is 10.2. The number of carbonyl (C=O) groups is 1.